The highest BCUT2D eigenvalue weighted by Crippen LogP contribution is 2.41. The largest absolute Gasteiger partial charge is 0.495 e. The highest BCUT2D eigenvalue weighted by molar-refractivity contribution is 5.94. The van der Waals surface area contributed by atoms with Crippen molar-refractivity contribution in [3.05, 3.63) is 54.0 Å². The number of carbonyl (C=O) groups excluding carboxylic acids is 1. The van der Waals surface area contributed by atoms with Gasteiger partial charge in [0.15, 0.2) is 5.89 Å². The molecule has 4 aliphatic rings. The van der Waals surface area contributed by atoms with Crippen molar-refractivity contribution in [2.75, 3.05) is 44.7 Å². The van der Waals surface area contributed by atoms with Gasteiger partial charge in [-0.1, -0.05) is 6.92 Å². The Morgan fingerprint density at radius 3 is 2.42 bits per heavy atom. The molecule has 3 aromatic rings. The van der Waals surface area contributed by atoms with Gasteiger partial charge in [-0.25, -0.2) is 14.8 Å². The number of amides is 2. The van der Waals surface area contributed by atoms with Gasteiger partial charge in [-0.2, -0.15) is 0 Å². The zero-order chi connectivity index (χ0) is 34.8. The van der Waals surface area contributed by atoms with E-state index in [-0.39, 0.29) is 23.8 Å². The maximum Gasteiger partial charge on any atom is 0.407 e. The Morgan fingerprint density at radius 2 is 1.74 bits per heavy atom. The number of oxazole rings is 1. The zero-order valence-electron chi connectivity index (χ0n) is 29.8. The van der Waals surface area contributed by atoms with Crippen molar-refractivity contribution in [3.63, 3.8) is 0 Å². The molecule has 1 unspecified atom stereocenters. The summed E-state index contributed by atoms with van der Waals surface area (Å²) in [6.45, 7) is 7.79. The number of nitrogens with zero attached hydrogens (tertiary/aromatic N) is 6. The number of methoxy groups -OCH3 is 1. The van der Waals surface area contributed by atoms with Crippen molar-refractivity contribution < 1.29 is 23.8 Å². The number of aryl methyl sites for hydroxylation is 1. The van der Waals surface area contributed by atoms with Crippen LogP contribution in [0.15, 0.2) is 41.1 Å². The summed E-state index contributed by atoms with van der Waals surface area (Å²) in [5.74, 6) is 3.74. The Balaban J connectivity index is 1.07. The molecule has 0 spiro atoms. The van der Waals surface area contributed by atoms with E-state index in [1.165, 1.54) is 0 Å². The van der Waals surface area contributed by atoms with Crippen LogP contribution in [0.4, 0.5) is 10.6 Å². The van der Waals surface area contributed by atoms with Gasteiger partial charge >= 0.3 is 6.09 Å². The fraction of sp³-hybridized carbons (Fsp3) is 0.615. The Kier molecular flexibility index (Phi) is 10.4. The first-order valence-corrected chi connectivity index (χ1v) is 18.8. The molecular formula is C39H52N6O5. The van der Waals surface area contributed by atoms with E-state index in [2.05, 4.69) is 17.9 Å². The first kappa shape index (κ1) is 34.5. The summed E-state index contributed by atoms with van der Waals surface area (Å²) in [6, 6.07) is 8.04. The lowest BCUT2D eigenvalue weighted by molar-refractivity contribution is -0.124. The third-order valence-electron chi connectivity index (χ3n) is 11.9. The molecule has 4 fully saturated rings. The van der Waals surface area contributed by atoms with Crippen LogP contribution in [0.25, 0.3) is 11.3 Å². The molecule has 4 heterocycles. The van der Waals surface area contributed by atoms with E-state index in [9.17, 15) is 14.7 Å². The molecule has 0 radical (unpaired) electrons. The first-order chi connectivity index (χ1) is 24.3. The number of hydrogen-bond donors (Lipinski definition) is 1. The summed E-state index contributed by atoms with van der Waals surface area (Å²) in [5.41, 5.74) is 3.73. The second-order valence-electron chi connectivity index (χ2n) is 15.0. The number of anilines is 1. The number of likely N-dealkylation sites (N-methyl/N-ethyl adjacent to an activating group) is 1. The second kappa shape index (κ2) is 15.1. The Labute approximate surface area is 295 Å². The highest BCUT2D eigenvalue weighted by Gasteiger charge is 2.40. The number of aromatic nitrogens is 3. The van der Waals surface area contributed by atoms with E-state index in [1.54, 1.807) is 24.5 Å². The SMILES string of the molecule is CCN1CCN(C(=O)O)C(C2CCC(C(=O)N(CC3CCC(c4ccc(OC)c(C)n4)CC3)c3cc(-c4coc(C5CC5)n4)ccn3)CC2)C1. The van der Waals surface area contributed by atoms with E-state index in [1.807, 2.05) is 30.0 Å². The normalized spacial score (nSPS) is 26.1. The van der Waals surface area contributed by atoms with Crippen LogP contribution in [0.2, 0.25) is 0 Å². The van der Waals surface area contributed by atoms with E-state index in [0.717, 1.165) is 118 Å². The second-order valence-corrected chi connectivity index (χ2v) is 15.0. The van der Waals surface area contributed by atoms with Gasteiger partial charge in [0.25, 0.3) is 0 Å². The molecule has 50 heavy (non-hydrogen) atoms. The summed E-state index contributed by atoms with van der Waals surface area (Å²) in [6.07, 6.45) is 12.2. The van der Waals surface area contributed by atoms with Crippen LogP contribution in [-0.4, -0.2) is 87.7 Å². The molecule has 2 amide bonds. The van der Waals surface area contributed by atoms with Crippen LogP contribution in [0.5, 0.6) is 5.75 Å². The van der Waals surface area contributed by atoms with Crippen LogP contribution in [-0.2, 0) is 4.79 Å². The molecule has 0 bridgehead atoms. The molecule has 268 valence electrons. The molecule has 1 N–H and O–H groups in total. The molecule has 3 aliphatic carbocycles. The van der Waals surface area contributed by atoms with Crippen molar-refractivity contribution in [1.82, 2.24) is 24.8 Å². The lowest BCUT2D eigenvalue weighted by atomic mass is 9.76. The average molecular weight is 685 g/mol. The number of carbonyl (C=O) groups is 2. The van der Waals surface area contributed by atoms with Gasteiger partial charge in [0.05, 0.1) is 18.8 Å². The van der Waals surface area contributed by atoms with Crippen LogP contribution < -0.4 is 9.64 Å². The fourth-order valence-corrected chi connectivity index (χ4v) is 8.64. The number of hydrogen-bond acceptors (Lipinski definition) is 8. The molecule has 11 heteroatoms. The van der Waals surface area contributed by atoms with Crippen LogP contribution >= 0.6 is 0 Å². The number of carboxylic acid groups (broad SMARTS) is 1. The van der Waals surface area contributed by atoms with Crippen molar-refractivity contribution in [2.24, 2.45) is 17.8 Å². The monoisotopic (exact) mass is 684 g/mol. The summed E-state index contributed by atoms with van der Waals surface area (Å²) >= 11 is 0. The minimum absolute atomic E-state index is 0.0196. The van der Waals surface area contributed by atoms with Gasteiger partial charge in [0.2, 0.25) is 5.91 Å². The van der Waals surface area contributed by atoms with Crippen LogP contribution in [0.1, 0.15) is 100 Å². The van der Waals surface area contributed by atoms with Crippen molar-refractivity contribution in [3.8, 4) is 17.0 Å². The molecule has 1 atom stereocenters. The lowest BCUT2D eigenvalue weighted by Gasteiger charge is -2.45. The summed E-state index contributed by atoms with van der Waals surface area (Å²) in [5, 5.41) is 9.96. The number of piperazine rings is 1. The Hall–Kier alpha value is -3.99. The molecule has 7 rings (SSSR count). The minimum Gasteiger partial charge on any atom is -0.495 e. The Morgan fingerprint density at radius 1 is 0.980 bits per heavy atom. The summed E-state index contributed by atoms with van der Waals surface area (Å²) in [7, 11) is 1.68. The number of pyridine rings is 2. The molecular weight excluding hydrogens is 632 g/mol. The van der Waals surface area contributed by atoms with Gasteiger partial charge in [-0.15, -0.1) is 0 Å². The smallest absolute Gasteiger partial charge is 0.407 e. The third-order valence-corrected chi connectivity index (χ3v) is 11.9. The van der Waals surface area contributed by atoms with Gasteiger partial charge in [-0.3, -0.25) is 19.6 Å². The predicted molar refractivity (Wildman–Crippen MR) is 190 cm³/mol. The number of ether oxygens (including phenoxy) is 1. The van der Waals surface area contributed by atoms with Crippen LogP contribution in [0, 0.1) is 24.7 Å². The molecule has 1 aliphatic heterocycles. The van der Waals surface area contributed by atoms with E-state index in [4.69, 9.17) is 24.1 Å². The number of rotatable bonds is 10. The maximum absolute atomic E-state index is 14.6. The maximum atomic E-state index is 14.6. The lowest BCUT2D eigenvalue weighted by Crippen LogP contribution is -2.58. The summed E-state index contributed by atoms with van der Waals surface area (Å²) < 4.78 is 11.2. The molecule has 3 aromatic heterocycles. The minimum atomic E-state index is -0.829. The van der Waals surface area contributed by atoms with Gasteiger partial charge in [-0.05, 0) is 114 Å². The van der Waals surface area contributed by atoms with Gasteiger partial charge in [0, 0.05) is 61.4 Å². The predicted octanol–water partition coefficient (Wildman–Crippen LogP) is 7.12. The van der Waals surface area contributed by atoms with E-state index < -0.39 is 6.09 Å². The first-order valence-electron chi connectivity index (χ1n) is 18.8. The average Bonchev–Trinajstić information content (AvgIpc) is 3.89. The Bertz CT molecular complexity index is 1640. The summed E-state index contributed by atoms with van der Waals surface area (Å²) in [4.78, 5) is 47.1. The van der Waals surface area contributed by atoms with Gasteiger partial charge < -0.3 is 19.2 Å². The van der Waals surface area contributed by atoms with Crippen molar-refractivity contribution in [1.29, 1.82) is 0 Å². The van der Waals surface area contributed by atoms with Crippen molar-refractivity contribution in [2.45, 2.75) is 95.9 Å². The topological polar surface area (TPSA) is 125 Å². The molecule has 3 saturated carbocycles. The molecule has 11 nitrogen and oxygen atoms in total. The highest BCUT2D eigenvalue weighted by atomic mass is 16.5. The van der Waals surface area contributed by atoms with E-state index >= 15 is 0 Å². The standard InChI is InChI=1S/C39H52N6O5/c1-4-43-19-20-44(39(47)48)34(23-43)28-9-13-30(14-10-28)38(46)45(36-21-31(17-18-40-36)33-24-50-37(42-33)29-11-12-29)22-26-5-7-27(8-6-26)32-15-16-35(49-3)25(2)41-32/h15-18,21,24,26-30,34H,4-14,19-20,22-23H2,1-3H3,(H,47,48). The molecule has 1 saturated heterocycles. The molecule has 0 aromatic carbocycles. The third kappa shape index (κ3) is 7.53. The fourth-order valence-electron chi connectivity index (χ4n) is 8.64. The zero-order valence-corrected chi connectivity index (χ0v) is 29.8. The quantitative estimate of drug-likeness (QED) is 0.238. The van der Waals surface area contributed by atoms with E-state index in [0.29, 0.717) is 36.7 Å². The van der Waals surface area contributed by atoms with Crippen LogP contribution in [0.3, 0.4) is 0 Å². The van der Waals surface area contributed by atoms with Gasteiger partial charge in [0.1, 0.15) is 23.5 Å². The van der Waals surface area contributed by atoms with Crippen molar-refractivity contribution >= 4 is 17.8 Å².